The number of fused-ring (bicyclic) bond motifs is 1. The van der Waals surface area contributed by atoms with Crippen LogP contribution in [-0.2, 0) is 6.54 Å². The van der Waals surface area contributed by atoms with Gasteiger partial charge in [-0.2, -0.15) is 5.10 Å². The van der Waals surface area contributed by atoms with Crippen molar-refractivity contribution in [1.29, 1.82) is 0 Å². The zero-order chi connectivity index (χ0) is 19.0. The van der Waals surface area contributed by atoms with Crippen molar-refractivity contribution in [2.24, 2.45) is 0 Å². The number of hydrogen-bond acceptors (Lipinski definition) is 7. The monoisotopic (exact) mass is 385 g/mol. The minimum atomic E-state index is -0.0568. The molecule has 0 spiro atoms. The van der Waals surface area contributed by atoms with Crippen LogP contribution in [0.2, 0.25) is 0 Å². The number of piperazine rings is 1. The van der Waals surface area contributed by atoms with Crippen molar-refractivity contribution < 1.29 is 4.74 Å². The van der Waals surface area contributed by atoms with Crippen LogP contribution in [0.4, 0.5) is 10.9 Å². The van der Waals surface area contributed by atoms with Gasteiger partial charge in [0.15, 0.2) is 5.13 Å². The zero-order valence-electron chi connectivity index (χ0n) is 15.8. The number of benzene rings is 1. The van der Waals surface area contributed by atoms with Crippen LogP contribution in [0.3, 0.4) is 0 Å². The summed E-state index contributed by atoms with van der Waals surface area (Å²) in [6, 6.07) is 7.47. The third-order valence-electron chi connectivity index (χ3n) is 4.94. The van der Waals surface area contributed by atoms with E-state index in [9.17, 15) is 4.79 Å². The molecule has 1 aliphatic rings. The Bertz CT molecular complexity index is 1020. The topological polar surface area (TPSA) is 63.5 Å². The normalized spacial score (nSPS) is 14.8. The molecule has 4 rings (SSSR count). The second kappa shape index (κ2) is 7.19. The van der Waals surface area contributed by atoms with Crippen LogP contribution in [0.15, 0.2) is 29.1 Å². The molecule has 1 aliphatic heterocycles. The van der Waals surface area contributed by atoms with Crippen LogP contribution in [0, 0.1) is 6.92 Å². The average molecular weight is 385 g/mol. The Balaban J connectivity index is 1.53. The van der Waals surface area contributed by atoms with E-state index in [2.05, 4.69) is 27.9 Å². The second-order valence-electron chi connectivity index (χ2n) is 6.58. The standard InChI is InChI=1S/C19H23N5O2S/c1-4-24-16(25)8-7-15(21-24)22-9-11-23(12-10-22)19-20-17-14(26-3)6-5-13(2)18(17)27-19/h5-8H,4,9-12H2,1-3H3. The molecule has 0 N–H and O–H groups in total. The van der Waals surface area contributed by atoms with E-state index < -0.39 is 0 Å². The summed E-state index contributed by atoms with van der Waals surface area (Å²) in [7, 11) is 1.69. The zero-order valence-corrected chi connectivity index (χ0v) is 16.6. The molecule has 1 saturated heterocycles. The fourth-order valence-corrected chi connectivity index (χ4v) is 4.46. The van der Waals surface area contributed by atoms with Gasteiger partial charge in [0.1, 0.15) is 17.1 Å². The SMILES string of the molecule is CCn1nc(N2CCN(c3nc4c(OC)ccc(C)c4s3)CC2)ccc1=O. The van der Waals surface area contributed by atoms with Crippen molar-refractivity contribution in [1.82, 2.24) is 14.8 Å². The van der Waals surface area contributed by atoms with Gasteiger partial charge in [0.05, 0.1) is 11.8 Å². The first-order valence-electron chi connectivity index (χ1n) is 9.13. The first kappa shape index (κ1) is 17.8. The minimum absolute atomic E-state index is 0.0568. The van der Waals surface area contributed by atoms with Crippen LogP contribution in [0.5, 0.6) is 5.75 Å². The molecule has 0 unspecified atom stereocenters. The molecule has 0 atom stereocenters. The summed E-state index contributed by atoms with van der Waals surface area (Å²) in [5.74, 6) is 1.68. The van der Waals surface area contributed by atoms with E-state index in [-0.39, 0.29) is 5.56 Å². The van der Waals surface area contributed by atoms with E-state index in [4.69, 9.17) is 9.72 Å². The quantitative estimate of drug-likeness (QED) is 0.688. The van der Waals surface area contributed by atoms with Gasteiger partial charge in [-0.3, -0.25) is 4.79 Å². The van der Waals surface area contributed by atoms with Crippen molar-refractivity contribution in [3.63, 3.8) is 0 Å². The predicted octanol–water partition coefficient (Wildman–Crippen LogP) is 2.52. The smallest absolute Gasteiger partial charge is 0.266 e. The van der Waals surface area contributed by atoms with Crippen molar-refractivity contribution in [2.45, 2.75) is 20.4 Å². The Kier molecular flexibility index (Phi) is 4.73. The van der Waals surface area contributed by atoms with Gasteiger partial charge >= 0.3 is 0 Å². The number of methoxy groups -OCH3 is 1. The molecule has 0 amide bonds. The summed E-state index contributed by atoms with van der Waals surface area (Å²) in [6.45, 7) is 8.05. The Labute approximate surface area is 161 Å². The van der Waals surface area contributed by atoms with Crippen LogP contribution in [0.25, 0.3) is 10.2 Å². The summed E-state index contributed by atoms with van der Waals surface area (Å²) < 4.78 is 8.16. The van der Waals surface area contributed by atoms with Gasteiger partial charge in [-0.15, -0.1) is 0 Å². The van der Waals surface area contributed by atoms with Crippen molar-refractivity contribution >= 4 is 32.5 Å². The van der Waals surface area contributed by atoms with E-state index in [1.807, 2.05) is 19.1 Å². The molecule has 27 heavy (non-hydrogen) atoms. The third-order valence-corrected chi connectivity index (χ3v) is 6.19. The molecule has 0 saturated carbocycles. The number of aryl methyl sites for hydroxylation is 2. The van der Waals surface area contributed by atoms with Gasteiger partial charge in [0, 0.05) is 38.8 Å². The van der Waals surface area contributed by atoms with E-state index in [1.54, 1.807) is 24.5 Å². The van der Waals surface area contributed by atoms with Crippen LogP contribution in [-0.4, -0.2) is 48.1 Å². The number of nitrogens with zero attached hydrogens (tertiary/aromatic N) is 5. The van der Waals surface area contributed by atoms with Crippen LogP contribution in [0.1, 0.15) is 12.5 Å². The number of thiazole rings is 1. The van der Waals surface area contributed by atoms with Gasteiger partial charge in [0.25, 0.3) is 5.56 Å². The lowest BCUT2D eigenvalue weighted by Gasteiger charge is -2.35. The maximum Gasteiger partial charge on any atom is 0.266 e. The molecule has 1 aromatic carbocycles. The number of hydrogen-bond donors (Lipinski definition) is 0. The van der Waals surface area contributed by atoms with Gasteiger partial charge in [-0.1, -0.05) is 17.4 Å². The predicted molar refractivity (Wildman–Crippen MR) is 110 cm³/mol. The summed E-state index contributed by atoms with van der Waals surface area (Å²) in [6.07, 6.45) is 0. The summed E-state index contributed by atoms with van der Waals surface area (Å²) in [5, 5.41) is 5.49. The molecule has 1 fully saturated rings. The second-order valence-corrected chi connectivity index (χ2v) is 7.56. The Morgan fingerprint density at radius 1 is 1.11 bits per heavy atom. The highest BCUT2D eigenvalue weighted by Gasteiger charge is 2.22. The lowest BCUT2D eigenvalue weighted by molar-refractivity contribution is 0.419. The molecule has 8 heteroatoms. The van der Waals surface area contributed by atoms with Crippen LogP contribution < -0.4 is 20.1 Å². The van der Waals surface area contributed by atoms with Crippen LogP contribution >= 0.6 is 11.3 Å². The summed E-state index contributed by atoms with van der Waals surface area (Å²) in [4.78, 5) is 21.1. The van der Waals surface area contributed by atoms with Gasteiger partial charge in [-0.25, -0.2) is 9.67 Å². The highest BCUT2D eigenvalue weighted by molar-refractivity contribution is 7.22. The minimum Gasteiger partial charge on any atom is -0.494 e. The Hall–Kier alpha value is -2.61. The van der Waals surface area contributed by atoms with Gasteiger partial charge in [-0.05, 0) is 31.5 Å². The lowest BCUT2D eigenvalue weighted by Crippen LogP contribution is -2.47. The maximum absolute atomic E-state index is 11.7. The van der Waals surface area contributed by atoms with Gasteiger partial charge in [0.2, 0.25) is 0 Å². The van der Waals surface area contributed by atoms with Crippen molar-refractivity contribution in [3.05, 3.63) is 40.2 Å². The van der Waals surface area contributed by atoms with Crippen molar-refractivity contribution in [3.8, 4) is 5.75 Å². The average Bonchev–Trinajstić information content (AvgIpc) is 3.15. The number of aromatic nitrogens is 3. The summed E-state index contributed by atoms with van der Waals surface area (Å²) >= 11 is 1.72. The van der Waals surface area contributed by atoms with E-state index in [0.717, 1.165) is 48.4 Å². The molecule has 3 heterocycles. The van der Waals surface area contributed by atoms with E-state index in [0.29, 0.717) is 6.54 Å². The first-order chi connectivity index (χ1) is 13.1. The Morgan fingerprint density at radius 3 is 2.56 bits per heavy atom. The number of rotatable bonds is 4. The third kappa shape index (κ3) is 3.25. The molecular weight excluding hydrogens is 362 g/mol. The first-order valence-corrected chi connectivity index (χ1v) is 9.94. The molecule has 0 aliphatic carbocycles. The fourth-order valence-electron chi connectivity index (χ4n) is 3.36. The Morgan fingerprint density at radius 2 is 1.85 bits per heavy atom. The highest BCUT2D eigenvalue weighted by atomic mass is 32.1. The highest BCUT2D eigenvalue weighted by Crippen LogP contribution is 2.36. The maximum atomic E-state index is 11.7. The largest absolute Gasteiger partial charge is 0.494 e. The molecular formula is C19H23N5O2S. The fraction of sp³-hybridized carbons (Fsp3) is 0.421. The number of anilines is 2. The van der Waals surface area contributed by atoms with E-state index >= 15 is 0 Å². The molecule has 0 radical (unpaired) electrons. The van der Waals surface area contributed by atoms with Gasteiger partial charge < -0.3 is 14.5 Å². The summed E-state index contributed by atoms with van der Waals surface area (Å²) in [5.41, 5.74) is 2.11. The number of ether oxygens (including phenoxy) is 1. The lowest BCUT2D eigenvalue weighted by atomic mass is 10.2. The molecule has 2 aromatic heterocycles. The molecule has 142 valence electrons. The molecule has 3 aromatic rings. The molecule has 0 bridgehead atoms. The van der Waals surface area contributed by atoms with E-state index in [1.165, 1.54) is 14.9 Å². The van der Waals surface area contributed by atoms with Crippen molar-refractivity contribution in [2.75, 3.05) is 43.1 Å². The molecule has 7 nitrogen and oxygen atoms in total.